The number of nitrogens with one attached hydrogen (secondary N) is 1. The molecular weight excluding hydrogens is 319 g/mol. The van der Waals surface area contributed by atoms with E-state index >= 15 is 0 Å². The van der Waals surface area contributed by atoms with Crippen LogP contribution in [0.15, 0.2) is 48.5 Å². The summed E-state index contributed by atoms with van der Waals surface area (Å²) in [5.41, 5.74) is 1.53. The standard InChI is InChI=1S/C20H21FN2O2/c1-13(2)15-6-8-16(9-7-15)20(3)18(24)23(19(25)22-20)12-14-4-10-17(21)11-5-14/h4-11,13H,12H2,1-3H3,(H,22,25)/t20-/m1/s1. The van der Waals surface area contributed by atoms with Crippen LogP contribution in [-0.2, 0) is 16.9 Å². The van der Waals surface area contributed by atoms with Gasteiger partial charge in [0.15, 0.2) is 0 Å². The van der Waals surface area contributed by atoms with Crippen LogP contribution < -0.4 is 5.32 Å². The molecule has 0 unspecified atom stereocenters. The number of hydrogen-bond acceptors (Lipinski definition) is 2. The second-order valence-electron chi connectivity index (χ2n) is 6.85. The first-order valence-corrected chi connectivity index (χ1v) is 8.30. The molecule has 0 aromatic heterocycles. The molecule has 3 amide bonds. The van der Waals surface area contributed by atoms with Gasteiger partial charge in [0.25, 0.3) is 5.91 Å². The molecule has 2 aromatic rings. The predicted octanol–water partition coefficient (Wildman–Crippen LogP) is 3.92. The van der Waals surface area contributed by atoms with Gasteiger partial charge >= 0.3 is 6.03 Å². The number of rotatable bonds is 4. The molecule has 2 aromatic carbocycles. The third kappa shape index (κ3) is 3.14. The van der Waals surface area contributed by atoms with E-state index in [1.54, 1.807) is 19.1 Å². The number of carbonyl (C=O) groups excluding carboxylic acids is 2. The Labute approximate surface area is 146 Å². The Balaban J connectivity index is 1.85. The number of carbonyl (C=O) groups is 2. The van der Waals surface area contributed by atoms with Gasteiger partial charge in [0.2, 0.25) is 0 Å². The molecule has 0 radical (unpaired) electrons. The molecule has 1 heterocycles. The lowest BCUT2D eigenvalue weighted by Crippen LogP contribution is -2.40. The van der Waals surface area contributed by atoms with Crippen molar-refractivity contribution in [1.29, 1.82) is 0 Å². The van der Waals surface area contributed by atoms with Gasteiger partial charge in [-0.3, -0.25) is 9.69 Å². The number of benzene rings is 2. The smallest absolute Gasteiger partial charge is 0.319 e. The molecule has 25 heavy (non-hydrogen) atoms. The third-order valence-corrected chi connectivity index (χ3v) is 4.68. The first kappa shape index (κ1) is 17.1. The highest BCUT2D eigenvalue weighted by Crippen LogP contribution is 2.30. The molecule has 3 rings (SSSR count). The number of amides is 3. The Morgan fingerprint density at radius 1 is 1.04 bits per heavy atom. The average molecular weight is 340 g/mol. The average Bonchev–Trinajstić information content (AvgIpc) is 2.81. The Morgan fingerprint density at radius 2 is 1.64 bits per heavy atom. The lowest BCUT2D eigenvalue weighted by molar-refractivity contribution is -0.131. The molecule has 130 valence electrons. The minimum absolute atomic E-state index is 0.116. The van der Waals surface area contributed by atoms with E-state index in [1.807, 2.05) is 24.3 Å². The van der Waals surface area contributed by atoms with Crippen LogP contribution in [0, 0.1) is 5.82 Å². The van der Waals surface area contributed by atoms with Gasteiger partial charge in [-0.15, -0.1) is 0 Å². The van der Waals surface area contributed by atoms with Gasteiger partial charge in [-0.25, -0.2) is 9.18 Å². The van der Waals surface area contributed by atoms with Crippen LogP contribution in [0.2, 0.25) is 0 Å². The van der Waals surface area contributed by atoms with E-state index in [-0.39, 0.29) is 18.3 Å². The summed E-state index contributed by atoms with van der Waals surface area (Å²) in [6.45, 7) is 6.03. The summed E-state index contributed by atoms with van der Waals surface area (Å²) in [6, 6.07) is 13.1. The van der Waals surface area contributed by atoms with Crippen LogP contribution >= 0.6 is 0 Å². The minimum Gasteiger partial charge on any atom is -0.319 e. The van der Waals surface area contributed by atoms with Crippen molar-refractivity contribution in [2.24, 2.45) is 0 Å². The quantitative estimate of drug-likeness (QED) is 0.858. The fourth-order valence-electron chi connectivity index (χ4n) is 3.01. The SMILES string of the molecule is CC(C)c1ccc([C@@]2(C)NC(=O)N(Cc3ccc(F)cc3)C2=O)cc1. The van der Waals surface area contributed by atoms with Crippen molar-refractivity contribution >= 4 is 11.9 Å². The van der Waals surface area contributed by atoms with Crippen molar-refractivity contribution in [1.82, 2.24) is 10.2 Å². The number of urea groups is 1. The molecule has 1 atom stereocenters. The maximum absolute atomic E-state index is 13.0. The molecule has 0 aliphatic carbocycles. The van der Waals surface area contributed by atoms with E-state index in [0.29, 0.717) is 11.5 Å². The molecule has 1 saturated heterocycles. The Kier molecular flexibility index (Phi) is 4.33. The Hall–Kier alpha value is -2.69. The fourth-order valence-corrected chi connectivity index (χ4v) is 3.01. The molecule has 1 fully saturated rings. The van der Waals surface area contributed by atoms with E-state index in [0.717, 1.165) is 5.56 Å². The molecule has 1 aliphatic heterocycles. The normalized spacial score (nSPS) is 20.3. The summed E-state index contributed by atoms with van der Waals surface area (Å²) < 4.78 is 13.0. The highest BCUT2D eigenvalue weighted by molar-refractivity contribution is 6.07. The fraction of sp³-hybridized carbons (Fsp3) is 0.300. The summed E-state index contributed by atoms with van der Waals surface area (Å²) in [4.78, 5) is 26.4. The molecule has 1 aliphatic rings. The lowest BCUT2D eigenvalue weighted by Gasteiger charge is -2.23. The van der Waals surface area contributed by atoms with Gasteiger partial charge in [-0.05, 0) is 41.7 Å². The molecule has 0 bridgehead atoms. The van der Waals surface area contributed by atoms with Crippen molar-refractivity contribution in [2.75, 3.05) is 0 Å². The van der Waals surface area contributed by atoms with Gasteiger partial charge in [-0.1, -0.05) is 50.2 Å². The second-order valence-corrected chi connectivity index (χ2v) is 6.85. The van der Waals surface area contributed by atoms with Crippen LogP contribution in [0.5, 0.6) is 0 Å². The topological polar surface area (TPSA) is 49.4 Å². The number of hydrogen-bond donors (Lipinski definition) is 1. The summed E-state index contributed by atoms with van der Waals surface area (Å²) in [7, 11) is 0. The number of imide groups is 1. The van der Waals surface area contributed by atoms with Gasteiger partial charge < -0.3 is 5.32 Å². The van der Waals surface area contributed by atoms with E-state index in [4.69, 9.17) is 0 Å². The Bertz CT molecular complexity index is 799. The summed E-state index contributed by atoms with van der Waals surface area (Å²) >= 11 is 0. The van der Waals surface area contributed by atoms with Crippen LogP contribution in [0.4, 0.5) is 9.18 Å². The van der Waals surface area contributed by atoms with Crippen LogP contribution in [0.1, 0.15) is 43.4 Å². The molecular formula is C20H21FN2O2. The monoisotopic (exact) mass is 340 g/mol. The number of nitrogens with zero attached hydrogens (tertiary/aromatic N) is 1. The lowest BCUT2D eigenvalue weighted by atomic mass is 9.90. The van der Waals surface area contributed by atoms with Gasteiger partial charge in [-0.2, -0.15) is 0 Å². The zero-order valence-corrected chi connectivity index (χ0v) is 14.5. The van der Waals surface area contributed by atoms with Crippen LogP contribution in [-0.4, -0.2) is 16.8 Å². The van der Waals surface area contributed by atoms with Crippen molar-refractivity contribution in [3.63, 3.8) is 0 Å². The van der Waals surface area contributed by atoms with Gasteiger partial charge in [0, 0.05) is 0 Å². The van der Waals surface area contributed by atoms with Gasteiger partial charge in [0.05, 0.1) is 6.54 Å². The summed E-state index contributed by atoms with van der Waals surface area (Å²) in [5.74, 6) is -0.263. The highest BCUT2D eigenvalue weighted by atomic mass is 19.1. The zero-order chi connectivity index (χ0) is 18.2. The first-order chi connectivity index (χ1) is 11.8. The van der Waals surface area contributed by atoms with Crippen molar-refractivity contribution in [3.05, 3.63) is 71.0 Å². The molecule has 5 heteroatoms. The zero-order valence-electron chi connectivity index (χ0n) is 14.5. The molecule has 4 nitrogen and oxygen atoms in total. The highest BCUT2D eigenvalue weighted by Gasteiger charge is 2.48. The van der Waals surface area contributed by atoms with E-state index in [1.165, 1.54) is 22.6 Å². The predicted molar refractivity (Wildman–Crippen MR) is 93.4 cm³/mol. The molecule has 0 saturated carbocycles. The van der Waals surface area contributed by atoms with Crippen molar-refractivity contribution in [3.8, 4) is 0 Å². The molecule has 0 spiro atoms. The van der Waals surface area contributed by atoms with E-state index in [2.05, 4.69) is 19.2 Å². The number of halogens is 1. The van der Waals surface area contributed by atoms with E-state index < -0.39 is 11.6 Å². The Morgan fingerprint density at radius 3 is 2.20 bits per heavy atom. The minimum atomic E-state index is -1.09. The maximum Gasteiger partial charge on any atom is 0.325 e. The van der Waals surface area contributed by atoms with Gasteiger partial charge in [0.1, 0.15) is 11.4 Å². The first-order valence-electron chi connectivity index (χ1n) is 8.30. The third-order valence-electron chi connectivity index (χ3n) is 4.68. The maximum atomic E-state index is 13.0. The summed E-state index contributed by atoms with van der Waals surface area (Å²) in [5, 5.41) is 2.79. The van der Waals surface area contributed by atoms with Crippen LogP contribution in [0.25, 0.3) is 0 Å². The van der Waals surface area contributed by atoms with Crippen LogP contribution in [0.3, 0.4) is 0 Å². The second kappa shape index (κ2) is 6.31. The molecule has 1 N–H and O–H groups in total. The summed E-state index contributed by atoms with van der Waals surface area (Å²) in [6.07, 6.45) is 0. The van der Waals surface area contributed by atoms with Crippen molar-refractivity contribution in [2.45, 2.75) is 38.8 Å². The van der Waals surface area contributed by atoms with E-state index in [9.17, 15) is 14.0 Å². The largest absolute Gasteiger partial charge is 0.325 e. The van der Waals surface area contributed by atoms with Crippen molar-refractivity contribution < 1.29 is 14.0 Å².